The van der Waals surface area contributed by atoms with Gasteiger partial charge in [0.25, 0.3) is 5.56 Å². The van der Waals surface area contributed by atoms with E-state index in [9.17, 15) is 4.79 Å². The lowest BCUT2D eigenvalue weighted by Gasteiger charge is -1.95. The molecule has 0 aliphatic carbocycles. The van der Waals surface area contributed by atoms with Crippen LogP contribution in [0, 0.1) is 6.92 Å². The Kier molecular flexibility index (Phi) is 3.54. The van der Waals surface area contributed by atoms with Gasteiger partial charge in [-0.2, -0.15) is 5.11 Å². The molecule has 0 saturated heterocycles. The predicted molar refractivity (Wildman–Crippen MR) is 71.4 cm³/mol. The first-order valence-corrected chi connectivity index (χ1v) is 5.87. The molecule has 0 bridgehead atoms. The third-order valence-electron chi connectivity index (χ3n) is 2.37. The van der Waals surface area contributed by atoms with Gasteiger partial charge in [0.15, 0.2) is 5.69 Å². The number of benzene rings is 1. The number of aromatic nitrogens is 2. The van der Waals surface area contributed by atoms with E-state index in [-0.39, 0.29) is 11.2 Å². The van der Waals surface area contributed by atoms with Crippen molar-refractivity contribution in [2.24, 2.45) is 17.3 Å². The van der Waals surface area contributed by atoms with E-state index in [1.54, 1.807) is 32.2 Å². The van der Waals surface area contributed by atoms with Crippen LogP contribution in [-0.4, -0.2) is 9.78 Å². The SMILES string of the molecule is Cc1[nH]n(C)c(=O)c1N=Nc1ccc(Cl)c(Cl)c1. The molecule has 0 radical (unpaired) electrons. The fourth-order valence-corrected chi connectivity index (χ4v) is 1.74. The molecule has 0 spiro atoms. The maximum atomic E-state index is 11.7. The second-order valence-corrected chi connectivity index (χ2v) is 4.56. The number of halogens is 2. The van der Waals surface area contributed by atoms with Gasteiger partial charge in [0, 0.05) is 7.05 Å². The summed E-state index contributed by atoms with van der Waals surface area (Å²) in [6.07, 6.45) is 0. The van der Waals surface area contributed by atoms with Gasteiger partial charge < -0.3 is 0 Å². The molecule has 18 heavy (non-hydrogen) atoms. The van der Waals surface area contributed by atoms with Crippen molar-refractivity contribution in [2.75, 3.05) is 0 Å². The normalized spacial score (nSPS) is 11.3. The van der Waals surface area contributed by atoms with Gasteiger partial charge >= 0.3 is 0 Å². The van der Waals surface area contributed by atoms with Crippen molar-refractivity contribution in [1.29, 1.82) is 0 Å². The van der Waals surface area contributed by atoms with Gasteiger partial charge in [0.2, 0.25) is 0 Å². The topological polar surface area (TPSA) is 62.5 Å². The summed E-state index contributed by atoms with van der Waals surface area (Å²) in [5, 5.41) is 11.6. The van der Waals surface area contributed by atoms with Crippen molar-refractivity contribution in [2.45, 2.75) is 6.92 Å². The lowest BCUT2D eigenvalue weighted by molar-refractivity contribution is 0.731. The van der Waals surface area contributed by atoms with E-state index < -0.39 is 0 Å². The minimum absolute atomic E-state index is 0.226. The molecule has 2 aromatic rings. The third kappa shape index (κ3) is 2.47. The van der Waals surface area contributed by atoms with Crippen molar-refractivity contribution in [1.82, 2.24) is 9.78 Å². The van der Waals surface area contributed by atoms with Crippen LogP contribution in [-0.2, 0) is 7.05 Å². The molecular weight excluding hydrogens is 275 g/mol. The molecule has 94 valence electrons. The number of hydrogen-bond acceptors (Lipinski definition) is 3. The largest absolute Gasteiger partial charge is 0.298 e. The Labute approximate surface area is 113 Å². The molecule has 5 nitrogen and oxygen atoms in total. The molecule has 0 aliphatic heterocycles. The molecule has 0 unspecified atom stereocenters. The third-order valence-corrected chi connectivity index (χ3v) is 3.11. The quantitative estimate of drug-likeness (QED) is 0.839. The first-order valence-electron chi connectivity index (χ1n) is 5.11. The summed E-state index contributed by atoms with van der Waals surface area (Å²) in [5.41, 5.74) is 1.25. The summed E-state index contributed by atoms with van der Waals surface area (Å²) in [6, 6.07) is 4.88. The van der Waals surface area contributed by atoms with E-state index in [1.165, 1.54) is 4.68 Å². The Morgan fingerprint density at radius 1 is 1.22 bits per heavy atom. The Balaban J connectivity index is 2.36. The fraction of sp³-hybridized carbons (Fsp3) is 0.182. The summed E-state index contributed by atoms with van der Waals surface area (Å²) in [7, 11) is 1.62. The number of aryl methyl sites for hydroxylation is 2. The van der Waals surface area contributed by atoms with Gasteiger partial charge in [-0.15, -0.1) is 5.11 Å². The van der Waals surface area contributed by atoms with E-state index in [1.807, 2.05) is 0 Å². The summed E-state index contributed by atoms with van der Waals surface area (Å²) in [6.45, 7) is 1.75. The predicted octanol–water partition coefficient (Wildman–Crippen LogP) is 3.74. The zero-order valence-electron chi connectivity index (χ0n) is 9.74. The number of nitrogens with zero attached hydrogens (tertiary/aromatic N) is 3. The van der Waals surface area contributed by atoms with Crippen LogP contribution in [0.15, 0.2) is 33.2 Å². The van der Waals surface area contributed by atoms with Crippen LogP contribution < -0.4 is 5.56 Å². The van der Waals surface area contributed by atoms with Gasteiger partial charge in [-0.05, 0) is 25.1 Å². The zero-order chi connectivity index (χ0) is 13.3. The maximum absolute atomic E-state index is 11.7. The summed E-state index contributed by atoms with van der Waals surface area (Å²) < 4.78 is 1.35. The van der Waals surface area contributed by atoms with Gasteiger partial charge in [0.1, 0.15) is 0 Å². The molecule has 1 N–H and O–H groups in total. The average molecular weight is 285 g/mol. The minimum Gasteiger partial charge on any atom is -0.298 e. The van der Waals surface area contributed by atoms with Gasteiger partial charge in [0.05, 0.1) is 21.4 Å². The van der Waals surface area contributed by atoms with Crippen LogP contribution in [0.5, 0.6) is 0 Å². The van der Waals surface area contributed by atoms with E-state index in [0.29, 0.717) is 21.4 Å². The van der Waals surface area contributed by atoms with E-state index in [0.717, 1.165) is 0 Å². The lowest BCUT2D eigenvalue weighted by Crippen LogP contribution is -2.10. The highest BCUT2D eigenvalue weighted by Gasteiger charge is 2.07. The van der Waals surface area contributed by atoms with Crippen LogP contribution in [0.25, 0.3) is 0 Å². The van der Waals surface area contributed by atoms with Crippen molar-refractivity contribution < 1.29 is 0 Å². The summed E-state index contributed by atoms with van der Waals surface area (Å²) in [4.78, 5) is 11.7. The molecule has 1 aromatic heterocycles. The van der Waals surface area contributed by atoms with Crippen molar-refractivity contribution in [3.8, 4) is 0 Å². The molecule has 7 heteroatoms. The van der Waals surface area contributed by atoms with E-state index in [4.69, 9.17) is 23.2 Å². The highest BCUT2D eigenvalue weighted by molar-refractivity contribution is 6.42. The van der Waals surface area contributed by atoms with Crippen molar-refractivity contribution >= 4 is 34.6 Å². The first kappa shape index (κ1) is 12.9. The Hall–Kier alpha value is -1.59. The van der Waals surface area contributed by atoms with E-state index >= 15 is 0 Å². The highest BCUT2D eigenvalue weighted by Crippen LogP contribution is 2.27. The number of nitrogens with one attached hydrogen (secondary N) is 1. The number of aromatic amines is 1. The van der Waals surface area contributed by atoms with Gasteiger partial charge in [-0.1, -0.05) is 23.2 Å². The Morgan fingerprint density at radius 2 is 1.94 bits per heavy atom. The first-order chi connectivity index (χ1) is 8.49. The summed E-state index contributed by atoms with van der Waals surface area (Å²) in [5.74, 6) is 0. The smallest absolute Gasteiger partial charge is 0.294 e. The molecule has 1 aromatic carbocycles. The second-order valence-electron chi connectivity index (χ2n) is 3.75. The maximum Gasteiger partial charge on any atom is 0.294 e. The zero-order valence-corrected chi connectivity index (χ0v) is 11.2. The van der Waals surface area contributed by atoms with Crippen molar-refractivity contribution in [3.63, 3.8) is 0 Å². The average Bonchev–Trinajstić information content (AvgIpc) is 2.56. The van der Waals surface area contributed by atoms with E-state index in [2.05, 4.69) is 15.3 Å². The number of H-pyrrole nitrogens is 1. The van der Waals surface area contributed by atoms with Crippen molar-refractivity contribution in [3.05, 3.63) is 44.3 Å². The monoisotopic (exact) mass is 284 g/mol. The molecule has 0 saturated carbocycles. The molecule has 0 aliphatic rings. The van der Waals surface area contributed by atoms with Crippen LogP contribution in [0.2, 0.25) is 10.0 Å². The number of hydrogen-bond donors (Lipinski definition) is 1. The van der Waals surface area contributed by atoms with Gasteiger partial charge in [-0.25, -0.2) is 0 Å². The minimum atomic E-state index is -0.226. The molecule has 0 fully saturated rings. The van der Waals surface area contributed by atoms with Crippen LogP contribution in [0.1, 0.15) is 5.69 Å². The molecule has 2 rings (SSSR count). The van der Waals surface area contributed by atoms with Crippen LogP contribution in [0.3, 0.4) is 0 Å². The second kappa shape index (κ2) is 4.96. The molecule has 1 heterocycles. The highest BCUT2D eigenvalue weighted by atomic mass is 35.5. The summed E-state index contributed by atoms with van der Waals surface area (Å²) >= 11 is 11.6. The molecule has 0 amide bonds. The standard InChI is InChI=1S/C11H10Cl2N4O/c1-6-10(11(18)17(2)16-6)15-14-7-3-4-8(12)9(13)5-7/h3-5,16H,1-2H3. The van der Waals surface area contributed by atoms with Gasteiger partial charge in [-0.3, -0.25) is 14.6 Å². The number of azo groups is 1. The Morgan fingerprint density at radius 3 is 2.50 bits per heavy atom. The molecule has 0 atom stereocenters. The van der Waals surface area contributed by atoms with Crippen LogP contribution in [0.4, 0.5) is 11.4 Å². The number of rotatable bonds is 2. The molecular formula is C11H10Cl2N4O. The fourth-order valence-electron chi connectivity index (χ4n) is 1.45. The van der Waals surface area contributed by atoms with Crippen LogP contribution >= 0.6 is 23.2 Å². The lowest BCUT2D eigenvalue weighted by atomic mass is 10.3. The Bertz CT molecular complexity index is 672.